The molecule has 0 fully saturated rings. The number of carbonyl (C=O) groups excluding carboxylic acids is 1. The van der Waals surface area contributed by atoms with E-state index in [0.29, 0.717) is 19.6 Å². The van der Waals surface area contributed by atoms with Crippen molar-refractivity contribution >= 4 is 28.7 Å². The molecule has 1 amide bonds. The van der Waals surface area contributed by atoms with E-state index in [1.54, 1.807) is 11.8 Å². The van der Waals surface area contributed by atoms with E-state index in [9.17, 15) is 4.79 Å². The fraction of sp³-hybridized carbons (Fsp3) is 0.200. The lowest BCUT2D eigenvalue weighted by Gasteiger charge is -2.22. The summed E-state index contributed by atoms with van der Waals surface area (Å²) in [7, 11) is 0. The van der Waals surface area contributed by atoms with Crippen molar-refractivity contribution < 1.29 is 4.79 Å². The van der Waals surface area contributed by atoms with Gasteiger partial charge in [-0.2, -0.15) is 11.8 Å². The molecule has 0 radical (unpaired) electrons. The molecular formula is C25H23N3OS. The highest BCUT2D eigenvalue weighted by atomic mass is 32.2. The van der Waals surface area contributed by atoms with Crippen LogP contribution in [0.25, 0.3) is 22.2 Å². The van der Waals surface area contributed by atoms with Gasteiger partial charge in [0.1, 0.15) is 12.4 Å². The highest BCUT2D eigenvalue weighted by molar-refractivity contribution is 7.97. The lowest BCUT2D eigenvalue weighted by Crippen LogP contribution is -2.32. The molecule has 0 atom stereocenters. The molecule has 4 nitrogen and oxygen atoms in total. The van der Waals surface area contributed by atoms with Gasteiger partial charge in [0.2, 0.25) is 5.91 Å². The van der Waals surface area contributed by atoms with Gasteiger partial charge in [0, 0.05) is 13.1 Å². The highest BCUT2D eigenvalue weighted by Gasteiger charge is 2.24. The van der Waals surface area contributed by atoms with Crippen LogP contribution in [0, 0.1) is 0 Å². The number of amides is 1. The van der Waals surface area contributed by atoms with Crippen LogP contribution < -0.4 is 0 Å². The van der Waals surface area contributed by atoms with Gasteiger partial charge < -0.3 is 9.47 Å². The summed E-state index contributed by atoms with van der Waals surface area (Å²) in [5.41, 5.74) is 6.79. The van der Waals surface area contributed by atoms with E-state index in [0.717, 1.165) is 22.6 Å². The Morgan fingerprint density at radius 2 is 1.50 bits per heavy atom. The maximum absolute atomic E-state index is 13.5. The van der Waals surface area contributed by atoms with Crippen molar-refractivity contribution in [3.05, 3.63) is 89.7 Å². The lowest BCUT2D eigenvalue weighted by molar-refractivity contribution is -0.133. The Morgan fingerprint density at radius 1 is 0.900 bits per heavy atom. The second-order valence-electron chi connectivity index (χ2n) is 7.60. The molecule has 4 aromatic rings. The number of aromatic nitrogens is 2. The summed E-state index contributed by atoms with van der Waals surface area (Å²) in [6.45, 7) is 1.54. The number of benzene rings is 3. The van der Waals surface area contributed by atoms with Crippen molar-refractivity contribution in [2.45, 2.75) is 25.4 Å². The van der Waals surface area contributed by atoms with Crippen molar-refractivity contribution in [2.75, 3.05) is 6.26 Å². The van der Waals surface area contributed by atoms with Crippen molar-refractivity contribution in [1.29, 1.82) is 0 Å². The van der Waals surface area contributed by atoms with E-state index in [1.807, 2.05) is 29.2 Å². The topological polar surface area (TPSA) is 38.1 Å². The minimum Gasteiger partial charge on any atom is -0.332 e. The van der Waals surface area contributed by atoms with Crippen LogP contribution in [0.5, 0.6) is 0 Å². The van der Waals surface area contributed by atoms with Gasteiger partial charge in [-0.1, -0.05) is 60.7 Å². The fourth-order valence-corrected chi connectivity index (χ4v) is 4.74. The van der Waals surface area contributed by atoms with Crippen molar-refractivity contribution in [2.24, 2.45) is 0 Å². The number of nitrogens with zero attached hydrogens (tertiary/aromatic N) is 3. The number of imidazole rings is 1. The summed E-state index contributed by atoms with van der Waals surface area (Å²) in [5, 5.41) is 0. The maximum Gasteiger partial charge on any atom is 0.243 e. The summed E-state index contributed by atoms with van der Waals surface area (Å²) < 4.78 is 2.08. The van der Waals surface area contributed by atoms with Crippen molar-refractivity contribution in [1.82, 2.24) is 14.5 Å². The third-order valence-electron chi connectivity index (χ3n) is 5.70. The van der Waals surface area contributed by atoms with Gasteiger partial charge in [0.25, 0.3) is 0 Å². The Kier molecular flexibility index (Phi) is 5.05. The van der Waals surface area contributed by atoms with Gasteiger partial charge >= 0.3 is 0 Å². The Balaban J connectivity index is 1.51. The van der Waals surface area contributed by atoms with E-state index in [1.165, 1.54) is 22.3 Å². The van der Waals surface area contributed by atoms with Gasteiger partial charge in [-0.3, -0.25) is 4.79 Å². The van der Waals surface area contributed by atoms with Crippen LogP contribution in [-0.2, 0) is 30.2 Å². The number of hydrogen-bond acceptors (Lipinski definition) is 3. The van der Waals surface area contributed by atoms with E-state index < -0.39 is 0 Å². The molecule has 1 aromatic heterocycles. The third-order valence-corrected chi connectivity index (χ3v) is 6.25. The lowest BCUT2D eigenvalue weighted by atomic mass is 9.97. The number of para-hydroxylation sites is 2. The minimum atomic E-state index is 0.118. The normalized spacial score (nSPS) is 13.0. The second kappa shape index (κ2) is 8.00. The molecule has 0 saturated carbocycles. The van der Waals surface area contributed by atoms with Crippen LogP contribution in [-0.4, -0.2) is 26.6 Å². The van der Waals surface area contributed by atoms with Crippen molar-refractivity contribution in [3.63, 3.8) is 0 Å². The first-order chi connectivity index (χ1) is 14.7. The van der Waals surface area contributed by atoms with Gasteiger partial charge in [-0.05, 0) is 40.6 Å². The summed E-state index contributed by atoms with van der Waals surface area (Å²) >= 11 is 1.72. The molecule has 5 heteroatoms. The Bertz CT molecular complexity index is 1180. The molecule has 3 aromatic carbocycles. The van der Waals surface area contributed by atoms with Gasteiger partial charge in [-0.15, -0.1) is 0 Å². The summed E-state index contributed by atoms with van der Waals surface area (Å²) in [4.78, 5) is 20.2. The highest BCUT2D eigenvalue weighted by Crippen LogP contribution is 2.32. The van der Waals surface area contributed by atoms with Crippen molar-refractivity contribution in [3.8, 4) is 11.1 Å². The van der Waals surface area contributed by atoms with Crippen LogP contribution >= 0.6 is 11.8 Å². The zero-order valence-corrected chi connectivity index (χ0v) is 17.7. The molecule has 0 saturated heterocycles. The van der Waals surface area contributed by atoms with E-state index in [-0.39, 0.29) is 5.91 Å². The van der Waals surface area contributed by atoms with Crippen LogP contribution in [0.3, 0.4) is 0 Å². The largest absolute Gasteiger partial charge is 0.332 e. The molecular weight excluding hydrogens is 390 g/mol. The minimum absolute atomic E-state index is 0.118. The monoisotopic (exact) mass is 413 g/mol. The molecule has 5 rings (SSSR count). The Labute approximate surface area is 180 Å². The predicted octanol–water partition coefficient (Wildman–Crippen LogP) is 5.11. The Morgan fingerprint density at radius 3 is 2.17 bits per heavy atom. The van der Waals surface area contributed by atoms with Gasteiger partial charge in [0.05, 0.1) is 16.8 Å². The molecule has 0 unspecified atom stereocenters. The molecule has 2 heterocycles. The molecule has 0 aliphatic carbocycles. The first-order valence-electron chi connectivity index (χ1n) is 10.1. The smallest absolute Gasteiger partial charge is 0.243 e. The maximum atomic E-state index is 13.5. The zero-order valence-electron chi connectivity index (χ0n) is 16.9. The first kappa shape index (κ1) is 18.9. The van der Waals surface area contributed by atoms with E-state index in [2.05, 4.69) is 59.4 Å². The average molecular weight is 414 g/mol. The zero-order chi connectivity index (χ0) is 20.5. The van der Waals surface area contributed by atoms with Crippen LogP contribution in [0.15, 0.2) is 72.8 Å². The number of fused-ring (bicyclic) bond motifs is 4. The number of thioether (sulfide) groups is 1. The fourth-order valence-electron chi connectivity index (χ4n) is 4.26. The first-order valence-corrected chi connectivity index (χ1v) is 11.5. The second-order valence-corrected chi connectivity index (χ2v) is 8.47. The number of carbonyl (C=O) groups is 1. The molecule has 1 aliphatic rings. The quantitative estimate of drug-likeness (QED) is 0.467. The summed E-state index contributed by atoms with van der Waals surface area (Å²) in [6.07, 6.45) is 2.06. The van der Waals surface area contributed by atoms with E-state index in [4.69, 9.17) is 4.98 Å². The summed E-state index contributed by atoms with van der Waals surface area (Å²) in [6, 6.07) is 24.9. The van der Waals surface area contributed by atoms with Crippen LogP contribution in [0.4, 0.5) is 0 Å². The average Bonchev–Trinajstić information content (AvgIpc) is 3.01. The SMILES string of the molecule is CSCc1nc2ccccc2n1CC(=O)N1Cc2ccccc2-c2ccccc2C1. The molecule has 150 valence electrons. The van der Waals surface area contributed by atoms with E-state index >= 15 is 0 Å². The summed E-state index contributed by atoms with van der Waals surface area (Å²) in [5.74, 6) is 1.85. The van der Waals surface area contributed by atoms with Crippen LogP contribution in [0.1, 0.15) is 17.0 Å². The standard InChI is InChI=1S/C25H23N3OS/c1-30-17-24-26-22-12-6-7-13-23(22)28(24)16-25(29)27-14-18-8-2-4-10-20(18)21-11-5-3-9-19(21)15-27/h2-13H,14-17H2,1H3. The third kappa shape index (κ3) is 3.39. The van der Waals surface area contributed by atoms with Gasteiger partial charge in [-0.25, -0.2) is 4.98 Å². The molecule has 30 heavy (non-hydrogen) atoms. The number of hydrogen-bond donors (Lipinski definition) is 0. The van der Waals surface area contributed by atoms with Crippen LogP contribution in [0.2, 0.25) is 0 Å². The molecule has 0 spiro atoms. The molecule has 1 aliphatic heterocycles. The number of rotatable bonds is 4. The predicted molar refractivity (Wildman–Crippen MR) is 123 cm³/mol. The Hall–Kier alpha value is -3.05. The van der Waals surface area contributed by atoms with Gasteiger partial charge in [0.15, 0.2) is 0 Å². The molecule has 0 bridgehead atoms. The molecule has 0 N–H and O–H groups in total.